The maximum Gasteiger partial charge on any atom is 0.256 e. The standard InChI is InChI=1S/C25H22ClN3OS/c1-16-17(2)31-25(29-24(30)18-9-4-3-5-10-18)22(16)23(21-13-6-7-14-27-21)28-20-12-8-11-19(26)15-20/h3-15,23,28H,1-2H3,(H,29,30)/t23-/m1/s1. The van der Waals surface area contributed by atoms with Crippen molar-refractivity contribution in [3.63, 3.8) is 0 Å². The Bertz CT molecular complexity index is 1190. The molecular weight excluding hydrogens is 426 g/mol. The number of nitrogens with zero attached hydrogens (tertiary/aromatic N) is 1. The van der Waals surface area contributed by atoms with Gasteiger partial charge >= 0.3 is 0 Å². The molecule has 4 nitrogen and oxygen atoms in total. The van der Waals surface area contributed by atoms with Gasteiger partial charge in [0.25, 0.3) is 5.91 Å². The zero-order valence-corrected chi connectivity index (χ0v) is 18.8. The molecule has 6 heteroatoms. The summed E-state index contributed by atoms with van der Waals surface area (Å²) in [4.78, 5) is 18.6. The number of pyridine rings is 1. The molecule has 0 bridgehead atoms. The van der Waals surface area contributed by atoms with Gasteiger partial charge in [0.05, 0.1) is 11.7 Å². The SMILES string of the molecule is Cc1sc(NC(=O)c2ccccc2)c([C@H](Nc2cccc(Cl)c2)c2ccccn2)c1C. The van der Waals surface area contributed by atoms with Crippen LogP contribution in [0.4, 0.5) is 10.7 Å². The molecular formula is C25H22ClN3OS. The number of carbonyl (C=O) groups excluding carboxylic acids is 1. The molecule has 31 heavy (non-hydrogen) atoms. The molecule has 2 N–H and O–H groups in total. The van der Waals surface area contributed by atoms with Crippen molar-refractivity contribution in [1.82, 2.24) is 4.98 Å². The van der Waals surface area contributed by atoms with E-state index in [9.17, 15) is 4.79 Å². The lowest BCUT2D eigenvalue weighted by atomic mass is 9.99. The van der Waals surface area contributed by atoms with E-state index in [4.69, 9.17) is 11.6 Å². The Kier molecular flexibility index (Phi) is 6.35. The van der Waals surface area contributed by atoms with E-state index in [1.165, 1.54) is 0 Å². The lowest BCUT2D eigenvalue weighted by molar-refractivity contribution is 0.102. The van der Waals surface area contributed by atoms with Gasteiger partial charge in [0.15, 0.2) is 0 Å². The maximum atomic E-state index is 12.9. The van der Waals surface area contributed by atoms with Crippen LogP contribution in [0.2, 0.25) is 5.02 Å². The van der Waals surface area contributed by atoms with Gasteiger partial charge in [-0.15, -0.1) is 11.3 Å². The first-order chi connectivity index (χ1) is 15.0. The number of carbonyl (C=O) groups is 1. The number of aryl methyl sites for hydroxylation is 1. The molecule has 4 aromatic rings. The average Bonchev–Trinajstić information content (AvgIpc) is 3.06. The molecule has 0 aliphatic rings. The molecule has 0 fully saturated rings. The summed E-state index contributed by atoms with van der Waals surface area (Å²) in [6.45, 7) is 4.14. The van der Waals surface area contributed by atoms with Crippen molar-refractivity contribution in [3.05, 3.63) is 111 Å². The summed E-state index contributed by atoms with van der Waals surface area (Å²) < 4.78 is 0. The number of nitrogens with one attached hydrogen (secondary N) is 2. The average molecular weight is 448 g/mol. The lowest BCUT2D eigenvalue weighted by Gasteiger charge is -2.22. The third-order valence-electron chi connectivity index (χ3n) is 5.10. The number of rotatable bonds is 6. The van der Waals surface area contributed by atoms with Crippen LogP contribution < -0.4 is 10.6 Å². The second-order valence-corrected chi connectivity index (χ2v) is 8.85. The minimum atomic E-state index is -0.254. The van der Waals surface area contributed by atoms with Crippen LogP contribution in [-0.4, -0.2) is 10.9 Å². The van der Waals surface area contributed by atoms with Crippen LogP contribution in [0, 0.1) is 13.8 Å². The molecule has 0 aliphatic carbocycles. The Morgan fingerprint density at radius 2 is 1.77 bits per heavy atom. The molecule has 2 aromatic carbocycles. The summed E-state index contributed by atoms with van der Waals surface area (Å²) in [6.07, 6.45) is 1.78. The zero-order valence-electron chi connectivity index (χ0n) is 17.2. The van der Waals surface area contributed by atoms with E-state index >= 15 is 0 Å². The number of hydrogen-bond donors (Lipinski definition) is 2. The first-order valence-corrected chi connectivity index (χ1v) is 11.1. The predicted octanol–water partition coefficient (Wildman–Crippen LogP) is 6.87. The van der Waals surface area contributed by atoms with Crippen molar-refractivity contribution < 1.29 is 4.79 Å². The fraction of sp³-hybridized carbons (Fsp3) is 0.120. The summed E-state index contributed by atoms with van der Waals surface area (Å²) in [6, 6.07) is 22.4. The fourth-order valence-electron chi connectivity index (χ4n) is 3.44. The van der Waals surface area contributed by atoms with Crippen LogP contribution in [0.5, 0.6) is 0 Å². The van der Waals surface area contributed by atoms with Crippen molar-refractivity contribution in [2.45, 2.75) is 19.9 Å². The number of hydrogen-bond acceptors (Lipinski definition) is 4. The second kappa shape index (κ2) is 9.33. The topological polar surface area (TPSA) is 54.0 Å². The Morgan fingerprint density at radius 3 is 2.48 bits per heavy atom. The lowest BCUT2D eigenvalue weighted by Crippen LogP contribution is -2.18. The summed E-state index contributed by atoms with van der Waals surface area (Å²) in [5.74, 6) is -0.134. The zero-order chi connectivity index (χ0) is 21.8. The van der Waals surface area contributed by atoms with Gasteiger partial charge in [-0.25, -0.2) is 0 Å². The highest BCUT2D eigenvalue weighted by Crippen LogP contribution is 2.40. The molecule has 2 aromatic heterocycles. The summed E-state index contributed by atoms with van der Waals surface area (Å²) in [5.41, 5.74) is 4.49. The van der Waals surface area contributed by atoms with Crippen LogP contribution in [0.1, 0.15) is 38.1 Å². The highest BCUT2D eigenvalue weighted by Gasteiger charge is 2.25. The summed E-state index contributed by atoms with van der Waals surface area (Å²) in [5, 5.41) is 8.16. The highest BCUT2D eigenvalue weighted by atomic mass is 35.5. The van der Waals surface area contributed by atoms with Crippen LogP contribution >= 0.6 is 22.9 Å². The van der Waals surface area contributed by atoms with E-state index in [0.717, 1.165) is 32.4 Å². The second-order valence-electron chi connectivity index (χ2n) is 7.19. The Balaban J connectivity index is 1.76. The summed E-state index contributed by atoms with van der Waals surface area (Å²) >= 11 is 7.79. The number of amides is 1. The van der Waals surface area contributed by atoms with Crippen LogP contribution in [0.15, 0.2) is 79.0 Å². The van der Waals surface area contributed by atoms with E-state index in [1.54, 1.807) is 17.5 Å². The fourth-order valence-corrected chi connectivity index (χ4v) is 4.72. The van der Waals surface area contributed by atoms with Crippen molar-refractivity contribution in [1.29, 1.82) is 0 Å². The van der Waals surface area contributed by atoms with E-state index in [-0.39, 0.29) is 11.9 Å². The number of aromatic nitrogens is 1. The van der Waals surface area contributed by atoms with Gasteiger partial charge in [-0.2, -0.15) is 0 Å². The maximum absolute atomic E-state index is 12.9. The van der Waals surface area contributed by atoms with Crippen molar-refractivity contribution >= 4 is 39.5 Å². The van der Waals surface area contributed by atoms with Crippen LogP contribution in [-0.2, 0) is 0 Å². The Labute approximate surface area is 190 Å². The monoisotopic (exact) mass is 447 g/mol. The molecule has 2 heterocycles. The number of anilines is 2. The summed E-state index contributed by atoms with van der Waals surface area (Å²) in [7, 11) is 0. The Hall–Kier alpha value is -3.15. The first kappa shape index (κ1) is 21.1. The van der Waals surface area contributed by atoms with Crippen molar-refractivity contribution in [3.8, 4) is 0 Å². The molecule has 1 amide bonds. The molecule has 0 saturated heterocycles. The molecule has 156 valence electrons. The minimum Gasteiger partial charge on any atom is -0.373 e. The van der Waals surface area contributed by atoms with Gasteiger partial charge in [-0.1, -0.05) is 41.9 Å². The van der Waals surface area contributed by atoms with E-state index in [1.807, 2.05) is 72.8 Å². The van der Waals surface area contributed by atoms with E-state index < -0.39 is 0 Å². The number of halogens is 1. The smallest absolute Gasteiger partial charge is 0.256 e. The quantitative estimate of drug-likeness (QED) is 0.339. The molecule has 4 rings (SSSR count). The number of thiophene rings is 1. The predicted molar refractivity (Wildman–Crippen MR) is 129 cm³/mol. The third-order valence-corrected chi connectivity index (χ3v) is 6.48. The largest absolute Gasteiger partial charge is 0.373 e. The molecule has 0 unspecified atom stereocenters. The van der Waals surface area contributed by atoms with Gasteiger partial charge in [0.1, 0.15) is 5.00 Å². The van der Waals surface area contributed by atoms with Crippen molar-refractivity contribution in [2.24, 2.45) is 0 Å². The Morgan fingerprint density at radius 1 is 1.00 bits per heavy atom. The van der Waals surface area contributed by atoms with E-state index in [2.05, 4.69) is 29.5 Å². The van der Waals surface area contributed by atoms with Gasteiger partial charge in [0.2, 0.25) is 0 Å². The highest BCUT2D eigenvalue weighted by molar-refractivity contribution is 7.16. The van der Waals surface area contributed by atoms with Crippen LogP contribution in [0.25, 0.3) is 0 Å². The van der Waals surface area contributed by atoms with Gasteiger partial charge in [-0.3, -0.25) is 9.78 Å². The molecule has 0 aliphatic heterocycles. The molecule has 0 spiro atoms. The van der Waals surface area contributed by atoms with Crippen molar-refractivity contribution in [2.75, 3.05) is 10.6 Å². The van der Waals surface area contributed by atoms with Crippen LogP contribution in [0.3, 0.4) is 0 Å². The molecule has 1 atom stereocenters. The molecule has 0 radical (unpaired) electrons. The number of benzene rings is 2. The normalized spacial score (nSPS) is 11.7. The van der Waals surface area contributed by atoms with E-state index in [0.29, 0.717) is 10.6 Å². The van der Waals surface area contributed by atoms with Gasteiger partial charge in [-0.05, 0) is 61.9 Å². The first-order valence-electron chi connectivity index (χ1n) is 9.92. The molecule has 0 saturated carbocycles. The van der Waals surface area contributed by atoms with Gasteiger partial charge < -0.3 is 10.6 Å². The minimum absolute atomic E-state index is 0.134. The van der Waals surface area contributed by atoms with Gasteiger partial charge in [0, 0.05) is 32.9 Å². The third kappa shape index (κ3) is 4.79.